The molecule has 1 aliphatic heterocycles. The van der Waals surface area contributed by atoms with Crippen molar-refractivity contribution in [2.45, 2.75) is 123 Å². The number of esters is 2. The normalized spacial score (nSPS) is 40.1. The quantitative estimate of drug-likeness (QED) is 0.207. The molecule has 1 saturated heterocycles. The number of benzene rings is 1. The van der Waals surface area contributed by atoms with Gasteiger partial charge in [-0.3, -0.25) is 4.79 Å². The summed E-state index contributed by atoms with van der Waals surface area (Å²) >= 11 is 0. The molecule has 2 bridgehead atoms. The van der Waals surface area contributed by atoms with Gasteiger partial charge in [-0.2, -0.15) is 0 Å². The number of aliphatic hydroxyl groups excluding tert-OH is 1. The molecule has 5 aliphatic rings. The summed E-state index contributed by atoms with van der Waals surface area (Å²) in [5.41, 5.74) is -0.361. The van der Waals surface area contributed by atoms with Crippen LogP contribution in [0.3, 0.4) is 0 Å². The molecule has 1 aromatic rings. The zero-order chi connectivity index (χ0) is 37.6. The summed E-state index contributed by atoms with van der Waals surface area (Å²) in [6.07, 6.45) is 5.71. The van der Waals surface area contributed by atoms with E-state index in [1.54, 1.807) is 36.4 Å². The zero-order valence-electron chi connectivity index (χ0n) is 31.4. The van der Waals surface area contributed by atoms with Crippen molar-refractivity contribution in [3.05, 3.63) is 94.9 Å². The molecule has 0 spiro atoms. The summed E-state index contributed by atoms with van der Waals surface area (Å²) in [6, 6.07) is 8.68. The third-order valence-electron chi connectivity index (χ3n) is 13.2. The lowest BCUT2D eigenvalue weighted by Crippen LogP contribution is -2.71. The fourth-order valence-corrected chi connectivity index (χ4v) is 10.0. The third-order valence-corrected chi connectivity index (χ3v) is 13.2. The van der Waals surface area contributed by atoms with Gasteiger partial charge in [-0.05, 0) is 98.8 Å². The Balaban J connectivity index is 1.46. The lowest BCUT2D eigenvalue weighted by atomic mass is 9.46. The van der Waals surface area contributed by atoms with Gasteiger partial charge in [0.15, 0.2) is 6.29 Å². The topological polar surface area (TPSA) is 112 Å². The van der Waals surface area contributed by atoms with E-state index < -0.39 is 65.0 Å². The Kier molecular flexibility index (Phi) is 10.9. The highest BCUT2D eigenvalue weighted by atomic mass is 19.1. The van der Waals surface area contributed by atoms with Gasteiger partial charge in [-0.15, -0.1) is 0 Å². The van der Waals surface area contributed by atoms with E-state index >= 15 is 4.39 Å². The van der Waals surface area contributed by atoms with Gasteiger partial charge in [-0.1, -0.05) is 70.2 Å². The molecule has 1 aromatic carbocycles. The molecule has 52 heavy (non-hydrogen) atoms. The van der Waals surface area contributed by atoms with Crippen LogP contribution in [0.25, 0.3) is 0 Å². The number of fused-ring (bicyclic) bond motifs is 6. The summed E-state index contributed by atoms with van der Waals surface area (Å²) in [5.74, 6) is -2.35. The molecule has 10 atom stereocenters. The second-order valence-corrected chi connectivity index (χ2v) is 16.4. The first-order valence-electron chi connectivity index (χ1n) is 18.8. The summed E-state index contributed by atoms with van der Waals surface area (Å²) < 4.78 is 41.2. The molecule has 2 N–H and O–H groups in total. The number of hydrogen-bond acceptors (Lipinski definition) is 8. The van der Waals surface area contributed by atoms with Crippen LogP contribution in [-0.2, 0) is 23.7 Å². The van der Waals surface area contributed by atoms with Crippen LogP contribution in [0.1, 0.15) is 96.8 Å². The number of carbonyl (C=O) groups is 2. The van der Waals surface area contributed by atoms with Crippen LogP contribution in [0, 0.1) is 28.6 Å². The van der Waals surface area contributed by atoms with Gasteiger partial charge in [0.1, 0.15) is 29.7 Å². The van der Waals surface area contributed by atoms with Crippen LogP contribution < -0.4 is 0 Å². The SMILES string of the molecule is C=C[C@@H]1O[C@@H]2C3=C(C)[C@@H](OC(=O)CCC4=C(/C)CC/C=C/C=C\4F)C[C@@](O)(C(OC(=O)c4ccccc4)C4[C@H](CO)C(C)CC[C@@]4(C)[C@@H]2O1)C3(C)C. The van der Waals surface area contributed by atoms with Crippen molar-refractivity contribution in [2.75, 3.05) is 6.61 Å². The first-order valence-corrected chi connectivity index (χ1v) is 18.8. The lowest BCUT2D eigenvalue weighted by molar-refractivity contribution is -0.238. The monoisotopic (exact) mass is 718 g/mol. The number of aliphatic hydroxyl groups is 2. The molecule has 1 heterocycles. The number of carbonyl (C=O) groups excluding carboxylic acids is 2. The van der Waals surface area contributed by atoms with Crippen LogP contribution in [0.15, 0.2) is 89.3 Å². The largest absolute Gasteiger partial charge is 0.458 e. The van der Waals surface area contributed by atoms with Crippen molar-refractivity contribution < 1.29 is 43.1 Å². The standard InChI is InChI=1S/C43H55FO8/c1-8-34-50-37-35-27(4)32(49-33(46)20-19-29-25(2)15-11-9-14-18-31(29)44)23-43(48,41(35,5)6)38(52-40(47)28-16-12-10-13-17-28)36-30(24-45)26(3)21-22-42(36,7)39(37)51-34/h8-10,12-14,16-18,26,30,32,34,36-39,45,48H,1,11,15,19-24H2,2-7H3/b14-9+,29-25+,31-18+/t26?,30-,32+,34-,36?,37-,38?,39-,42-,43-/m1/s1. The highest BCUT2D eigenvalue weighted by Crippen LogP contribution is 2.64. The number of ether oxygens (including phenoxy) is 4. The highest BCUT2D eigenvalue weighted by molar-refractivity contribution is 5.89. The van der Waals surface area contributed by atoms with Crippen LogP contribution in [0.2, 0.25) is 0 Å². The summed E-state index contributed by atoms with van der Waals surface area (Å²) in [6.45, 7) is 15.6. The summed E-state index contributed by atoms with van der Waals surface area (Å²) in [4.78, 5) is 27.8. The fraction of sp³-hybridized carbons (Fsp3) is 0.581. The molecule has 3 unspecified atom stereocenters. The van der Waals surface area contributed by atoms with E-state index in [0.29, 0.717) is 24.0 Å². The average Bonchev–Trinajstić information content (AvgIpc) is 3.54. The van der Waals surface area contributed by atoms with Crippen LogP contribution in [0.5, 0.6) is 0 Å². The Morgan fingerprint density at radius 1 is 1.12 bits per heavy atom. The van der Waals surface area contributed by atoms with E-state index in [2.05, 4.69) is 20.4 Å². The minimum atomic E-state index is -1.78. The number of rotatable bonds is 8. The highest BCUT2D eigenvalue weighted by Gasteiger charge is 2.70. The van der Waals surface area contributed by atoms with Gasteiger partial charge in [0.25, 0.3) is 0 Å². The van der Waals surface area contributed by atoms with Crippen molar-refractivity contribution in [1.29, 1.82) is 0 Å². The molecular weight excluding hydrogens is 663 g/mol. The molecule has 9 heteroatoms. The minimum absolute atomic E-state index is 0.0491. The Hall–Kier alpha value is -3.37. The van der Waals surface area contributed by atoms with Crippen molar-refractivity contribution in [2.24, 2.45) is 28.6 Å². The van der Waals surface area contributed by atoms with Gasteiger partial charge < -0.3 is 29.2 Å². The first-order chi connectivity index (χ1) is 24.7. The van der Waals surface area contributed by atoms with Gasteiger partial charge in [-0.25, -0.2) is 9.18 Å². The van der Waals surface area contributed by atoms with Crippen molar-refractivity contribution in [3.63, 3.8) is 0 Å². The van der Waals surface area contributed by atoms with E-state index in [1.807, 2.05) is 39.8 Å². The lowest BCUT2D eigenvalue weighted by Gasteiger charge is -2.63. The van der Waals surface area contributed by atoms with Crippen LogP contribution in [0.4, 0.5) is 4.39 Å². The maximum atomic E-state index is 15.1. The molecule has 0 aromatic heterocycles. The third kappa shape index (κ3) is 6.56. The van der Waals surface area contributed by atoms with Gasteiger partial charge in [0.2, 0.25) is 0 Å². The number of allylic oxidation sites excluding steroid dienone is 6. The van der Waals surface area contributed by atoms with Crippen molar-refractivity contribution in [3.8, 4) is 0 Å². The van der Waals surface area contributed by atoms with E-state index in [1.165, 1.54) is 6.08 Å². The Labute approximate surface area is 307 Å². The second-order valence-electron chi connectivity index (χ2n) is 16.4. The molecule has 2 saturated carbocycles. The van der Waals surface area contributed by atoms with Gasteiger partial charge in [0, 0.05) is 36.2 Å². The predicted molar refractivity (Wildman–Crippen MR) is 195 cm³/mol. The molecule has 8 nitrogen and oxygen atoms in total. The first kappa shape index (κ1) is 38.4. The van der Waals surface area contributed by atoms with Crippen LogP contribution >= 0.6 is 0 Å². The maximum absolute atomic E-state index is 15.1. The summed E-state index contributed by atoms with van der Waals surface area (Å²) in [7, 11) is 0. The maximum Gasteiger partial charge on any atom is 0.338 e. The molecule has 3 fully saturated rings. The number of hydrogen-bond donors (Lipinski definition) is 2. The van der Waals surface area contributed by atoms with Crippen molar-refractivity contribution in [1.82, 2.24) is 0 Å². The Bertz CT molecular complexity index is 1670. The summed E-state index contributed by atoms with van der Waals surface area (Å²) in [5, 5.41) is 24.5. The van der Waals surface area contributed by atoms with Gasteiger partial charge >= 0.3 is 11.9 Å². The Morgan fingerprint density at radius 2 is 1.85 bits per heavy atom. The van der Waals surface area contributed by atoms with Gasteiger partial charge in [0.05, 0.1) is 11.7 Å². The van der Waals surface area contributed by atoms with E-state index in [0.717, 1.165) is 29.6 Å². The second kappa shape index (κ2) is 14.8. The molecule has 282 valence electrons. The van der Waals surface area contributed by atoms with Crippen molar-refractivity contribution >= 4 is 11.9 Å². The average molecular weight is 719 g/mol. The molecular formula is C43H55FO8. The van der Waals surface area contributed by atoms with E-state index in [-0.39, 0.29) is 43.5 Å². The van der Waals surface area contributed by atoms with E-state index in [9.17, 15) is 19.8 Å². The Morgan fingerprint density at radius 3 is 2.54 bits per heavy atom. The zero-order valence-corrected chi connectivity index (χ0v) is 31.4. The minimum Gasteiger partial charge on any atom is -0.458 e. The number of halogens is 1. The fourth-order valence-electron chi connectivity index (χ4n) is 10.0. The smallest absolute Gasteiger partial charge is 0.338 e. The van der Waals surface area contributed by atoms with E-state index in [4.69, 9.17) is 18.9 Å². The molecule has 4 aliphatic carbocycles. The van der Waals surface area contributed by atoms with Crippen LogP contribution in [-0.4, -0.2) is 65.1 Å². The molecule has 6 rings (SSSR count). The molecule has 0 radical (unpaired) electrons. The molecule has 0 amide bonds. The predicted octanol–water partition coefficient (Wildman–Crippen LogP) is 7.87.